The van der Waals surface area contributed by atoms with Crippen LogP contribution >= 0.6 is 7.82 Å². The summed E-state index contributed by atoms with van der Waals surface area (Å²) in [6.07, 6.45) is -33.8. The monoisotopic (exact) mass is 828 g/mol. The van der Waals surface area contributed by atoms with Crippen molar-refractivity contribution in [2.24, 2.45) is 0 Å². The third kappa shape index (κ3) is 10.7. The Morgan fingerprint density at radius 2 is 1.04 bits per heavy atom. The van der Waals surface area contributed by atoms with Crippen LogP contribution in [0.5, 0.6) is 0 Å². The molecule has 55 heavy (non-hydrogen) atoms. The Balaban J connectivity index is 1.46. The highest BCUT2D eigenvalue weighted by Gasteiger charge is 2.54. The van der Waals surface area contributed by atoms with Crippen molar-refractivity contribution in [3.63, 3.8) is 0 Å². The third-order valence-corrected chi connectivity index (χ3v) is 10.2. The largest absolute Gasteiger partial charge is 0.474 e. The van der Waals surface area contributed by atoms with Gasteiger partial charge in [0.15, 0.2) is 25.2 Å². The lowest BCUT2D eigenvalue weighted by atomic mass is 9.95. The summed E-state index contributed by atoms with van der Waals surface area (Å²) in [4.78, 5) is 34.1. The fraction of sp³-hybridized carbons (Fsp3) is 0.929. The molecule has 0 spiro atoms. The summed E-state index contributed by atoms with van der Waals surface area (Å²) in [5, 5.41) is 129. The van der Waals surface area contributed by atoms with Gasteiger partial charge in [-0.25, -0.2) is 4.57 Å². The minimum Gasteiger partial charge on any atom is -0.394 e. The lowest BCUT2D eigenvalue weighted by molar-refractivity contribution is -0.342. The van der Waals surface area contributed by atoms with Crippen molar-refractivity contribution >= 4 is 19.6 Å². The molecule has 0 aliphatic carbocycles. The molecule has 0 aromatic carbocycles. The van der Waals surface area contributed by atoms with Crippen molar-refractivity contribution in [2.45, 2.75) is 137 Å². The molecule has 0 aromatic rings. The van der Waals surface area contributed by atoms with E-state index in [1.807, 2.05) is 0 Å². The number of hydrogen-bond acceptors (Lipinski definition) is 23. The predicted octanol–water partition coefficient (Wildman–Crippen LogP) is -9.34. The number of phosphoric acid groups is 1. The third-order valence-electron chi connectivity index (χ3n) is 9.21. The maximum absolute atomic E-state index is 13.1. The quantitative estimate of drug-likeness (QED) is 0.0723. The summed E-state index contributed by atoms with van der Waals surface area (Å²) < 4.78 is 55.3. The summed E-state index contributed by atoms with van der Waals surface area (Å²) in [5.41, 5.74) is 0. The first kappa shape index (κ1) is 46.0. The predicted molar refractivity (Wildman–Crippen MR) is 168 cm³/mol. The molecule has 21 atom stereocenters. The fourth-order valence-corrected chi connectivity index (χ4v) is 7.16. The van der Waals surface area contributed by atoms with Gasteiger partial charge in [-0.1, -0.05) is 0 Å². The van der Waals surface area contributed by atoms with Gasteiger partial charge in [0.25, 0.3) is 0 Å². The summed E-state index contributed by atoms with van der Waals surface area (Å²) in [5.74, 6) is -1.47. The number of nitrogens with one attached hydrogen (secondary N) is 2. The topological polar surface area (TPSA) is 412 Å². The second-order valence-corrected chi connectivity index (χ2v) is 14.6. The van der Waals surface area contributed by atoms with Crippen LogP contribution in [0.25, 0.3) is 0 Å². The van der Waals surface area contributed by atoms with Crippen molar-refractivity contribution in [1.29, 1.82) is 0 Å². The zero-order chi connectivity index (χ0) is 41.1. The lowest BCUT2D eigenvalue weighted by Crippen LogP contribution is -2.67. The molecular weight excluding hydrogens is 779 g/mol. The van der Waals surface area contributed by atoms with Gasteiger partial charge in [0, 0.05) is 13.8 Å². The van der Waals surface area contributed by atoms with Crippen molar-refractivity contribution in [3.05, 3.63) is 0 Å². The maximum atomic E-state index is 13.1. The lowest BCUT2D eigenvalue weighted by Gasteiger charge is -2.47. The van der Waals surface area contributed by atoms with Crippen molar-refractivity contribution in [2.75, 3.05) is 26.4 Å². The summed E-state index contributed by atoms with van der Waals surface area (Å²) in [7, 11) is -5.47. The van der Waals surface area contributed by atoms with E-state index in [0.717, 1.165) is 13.8 Å². The number of carbonyl (C=O) groups is 2. The van der Waals surface area contributed by atoms with Gasteiger partial charge in [-0.05, 0) is 0 Å². The molecule has 27 heteroatoms. The molecule has 4 aliphatic rings. The van der Waals surface area contributed by atoms with E-state index in [1.165, 1.54) is 0 Å². The summed E-state index contributed by atoms with van der Waals surface area (Å²) in [6, 6.07) is -3.09. The van der Waals surface area contributed by atoms with E-state index in [1.54, 1.807) is 0 Å². The van der Waals surface area contributed by atoms with Crippen LogP contribution in [0.15, 0.2) is 0 Å². The zero-order valence-electron chi connectivity index (χ0n) is 29.1. The number of carbonyl (C=O) groups excluding carboxylic acids is 2. The van der Waals surface area contributed by atoms with E-state index in [9.17, 15) is 80.3 Å². The van der Waals surface area contributed by atoms with Gasteiger partial charge in [0.1, 0.15) is 97.5 Å². The number of amides is 2. The molecule has 0 radical (unpaired) electrons. The first-order chi connectivity index (χ1) is 25.7. The first-order valence-corrected chi connectivity index (χ1v) is 18.3. The van der Waals surface area contributed by atoms with Crippen LogP contribution in [0.1, 0.15) is 13.8 Å². The van der Waals surface area contributed by atoms with Crippen molar-refractivity contribution in [3.8, 4) is 0 Å². The number of ether oxygens (including phenoxy) is 6. The van der Waals surface area contributed by atoms with E-state index in [2.05, 4.69) is 10.6 Å². The number of rotatable bonds is 14. The van der Waals surface area contributed by atoms with E-state index in [-0.39, 0.29) is 0 Å². The Hall–Kier alpha value is -1.67. The Labute approximate surface area is 311 Å². The fourth-order valence-electron chi connectivity index (χ4n) is 6.33. The summed E-state index contributed by atoms with van der Waals surface area (Å²) in [6.45, 7) is -1.74. The highest BCUT2D eigenvalue weighted by Crippen LogP contribution is 2.47. The van der Waals surface area contributed by atoms with Crippen LogP contribution in [0.2, 0.25) is 0 Å². The SMILES string of the molecule is CC(=O)N[C@@H]1[C@@H](O[C@@H]2O[C@H](COP(=O)(O)O[C@H]3O[C@H](CO)[C@H](O)[C@H](O[C@@H]4O[C@H](CO)[C@@H](O)[C@H](O)[C@H]4NC(C)=O)[C@H]3O)[C@H](O)[C@H](O)[C@H]2O)[C@@H](O)[C@@H](CO)O[C@H]1O. The van der Waals surface area contributed by atoms with Gasteiger partial charge in [-0.3, -0.25) is 18.6 Å². The highest BCUT2D eigenvalue weighted by molar-refractivity contribution is 7.47. The van der Waals surface area contributed by atoms with Gasteiger partial charge >= 0.3 is 7.82 Å². The first-order valence-electron chi connectivity index (χ1n) is 16.8. The molecule has 26 nitrogen and oxygen atoms in total. The van der Waals surface area contributed by atoms with Crippen LogP contribution in [0, 0.1) is 0 Å². The van der Waals surface area contributed by atoms with E-state index in [4.69, 9.17) is 37.5 Å². The van der Waals surface area contributed by atoms with Gasteiger partial charge in [-0.2, -0.15) is 0 Å². The van der Waals surface area contributed by atoms with Gasteiger partial charge in [0.05, 0.1) is 26.4 Å². The molecule has 0 saturated carbocycles. The number of phosphoric ester groups is 1. The van der Waals surface area contributed by atoms with Crippen LogP contribution in [-0.4, -0.2) is 227 Å². The van der Waals surface area contributed by atoms with Crippen molar-refractivity contribution < 1.29 is 118 Å². The van der Waals surface area contributed by atoms with Crippen LogP contribution in [-0.2, 0) is 51.6 Å². The Morgan fingerprint density at radius 3 is 1.62 bits per heavy atom. The highest BCUT2D eigenvalue weighted by atomic mass is 31.2. The average molecular weight is 829 g/mol. The minimum atomic E-state index is -5.47. The number of aliphatic hydroxyl groups is 12. The Morgan fingerprint density at radius 1 is 0.564 bits per heavy atom. The second-order valence-electron chi connectivity index (χ2n) is 13.2. The molecule has 4 saturated heterocycles. The van der Waals surface area contributed by atoms with Crippen molar-refractivity contribution in [1.82, 2.24) is 10.6 Å². The van der Waals surface area contributed by atoms with Gasteiger partial charge < -0.3 is 105 Å². The molecule has 320 valence electrons. The Kier molecular flexibility index (Phi) is 16.2. The number of aliphatic hydroxyl groups excluding tert-OH is 12. The molecule has 4 rings (SSSR count). The Bertz CT molecular complexity index is 1320. The molecule has 2 amide bonds. The van der Waals surface area contributed by atoms with Crippen LogP contribution in [0.4, 0.5) is 0 Å². The van der Waals surface area contributed by atoms with E-state index in [0.29, 0.717) is 0 Å². The smallest absolute Gasteiger partial charge is 0.394 e. The standard InChI is InChI=1S/C28H49N2O24P/c1-7(34)29-13-19(40)15(36)9(3-31)49-26(13)53-24-18(39)11(5-33)50-28(22(24)43)54-55(45,46)47-6-12-16(37)20(41)21(42)27(51-12)52-23-14(30-8(2)35)25(44)48-10(4-32)17(23)38/h9-28,31-33,36-44H,3-6H2,1-2H3,(H,29,34)(H,30,35)(H,45,46)/t9-,10-,11-,12-,13-,14-,15-,16+,17+,18+,19-,20+,21-,22-,23-,24+,25-,26+,27+,28-/m1/s1. The summed E-state index contributed by atoms with van der Waals surface area (Å²) >= 11 is 0. The molecule has 0 aromatic heterocycles. The molecule has 0 bridgehead atoms. The van der Waals surface area contributed by atoms with Crippen LogP contribution < -0.4 is 10.6 Å². The molecule has 4 aliphatic heterocycles. The number of hydrogen-bond donors (Lipinski definition) is 15. The average Bonchev–Trinajstić information content (AvgIpc) is 3.12. The normalized spacial score (nSPS) is 46.4. The van der Waals surface area contributed by atoms with E-state index < -0.39 is 169 Å². The molecular formula is C28H49N2O24P. The zero-order valence-corrected chi connectivity index (χ0v) is 30.0. The maximum Gasteiger partial charge on any atom is 0.474 e. The molecule has 4 fully saturated rings. The molecule has 15 N–H and O–H groups in total. The van der Waals surface area contributed by atoms with E-state index >= 15 is 0 Å². The molecule has 4 heterocycles. The second kappa shape index (κ2) is 19.4. The van der Waals surface area contributed by atoms with Gasteiger partial charge in [0.2, 0.25) is 11.8 Å². The molecule has 1 unspecified atom stereocenters. The van der Waals surface area contributed by atoms with Crippen LogP contribution in [0.3, 0.4) is 0 Å². The minimum absolute atomic E-state index is 0.725. The van der Waals surface area contributed by atoms with Gasteiger partial charge in [-0.15, -0.1) is 0 Å².